The number of benzene rings is 5. The summed E-state index contributed by atoms with van der Waals surface area (Å²) in [7, 11) is 0. The number of ether oxygens (including phenoxy) is 3. The summed E-state index contributed by atoms with van der Waals surface area (Å²) < 4.78 is 17.6. The number of nitrogens with zero attached hydrogens (tertiary/aromatic N) is 1. The zero-order valence-corrected chi connectivity index (χ0v) is 22.5. The first-order valence-corrected chi connectivity index (χ1v) is 13.3. The maximum absolute atomic E-state index is 13.1. The summed E-state index contributed by atoms with van der Waals surface area (Å²) >= 11 is 6.28. The lowest BCUT2D eigenvalue weighted by Gasteiger charge is -2.27. The van der Waals surface area contributed by atoms with E-state index >= 15 is 0 Å². The summed E-state index contributed by atoms with van der Waals surface area (Å²) in [6.45, 7) is 0.294. The van der Waals surface area contributed by atoms with E-state index in [0.717, 1.165) is 21.9 Å². The van der Waals surface area contributed by atoms with Gasteiger partial charge in [-0.1, -0.05) is 84.4 Å². The first-order valence-electron chi connectivity index (χ1n) is 12.9. The molecule has 0 radical (unpaired) electrons. The van der Waals surface area contributed by atoms with Gasteiger partial charge in [-0.25, -0.2) is 4.79 Å². The average molecular weight is 559 g/mol. The number of esters is 1. The van der Waals surface area contributed by atoms with Crippen LogP contribution in [-0.4, -0.2) is 5.97 Å². The second-order valence-electron chi connectivity index (χ2n) is 9.49. The monoisotopic (exact) mass is 558 g/mol. The molecule has 200 valence electrons. The molecule has 7 heteroatoms. The lowest BCUT2D eigenvalue weighted by molar-refractivity contribution is 0.0736. The minimum atomic E-state index is -0.504. The third-order valence-electron chi connectivity index (χ3n) is 6.95. The normalized spacial score (nSPS) is 14.1. The Bertz CT molecular complexity index is 1870. The van der Waals surface area contributed by atoms with Crippen molar-refractivity contribution in [3.05, 3.63) is 148 Å². The molecule has 1 unspecified atom stereocenters. The third-order valence-corrected chi connectivity index (χ3v) is 7.32. The molecule has 0 aromatic heterocycles. The lowest BCUT2D eigenvalue weighted by Crippen LogP contribution is -2.21. The van der Waals surface area contributed by atoms with E-state index < -0.39 is 11.9 Å². The van der Waals surface area contributed by atoms with Gasteiger partial charge in [0.25, 0.3) is 0 Å². The van der Waals surface area contributed by atoms with Crippen LogP contribution < -0.4 is 19.9 Å². The van der Waals surface area contributed by atoms with Gasteiger partial charge in [-0.15, -0.1) is 0 Å². The SMILES string of the molecule is N#CC1=C(N)Oc2cc(OC(=O)c3cccc4ccccc34)ccc2C1c1cccc(OCc2ccccc2Cl)c1. The van der Waals surface area contributed by atoms with Gasteiger partial charge in [0.05, 0.1) is 11.5 Å². The van der Waals surface area contributed by atoms with Gasteiger partial charge in [0.2, 0.25) is 5.88 Å². The Kier molecular flexibility index (Phi) is 7.03. The van der Waals surface area contributed by atoms with Crippen LogP contribution in [0.3, 0.4) is 0 Å². The van der Waals surface area contributed by atoms with E-state index in [9.17, 15) is 10.1 Å². The van der Waals surface area contributed by atoms with E-state index in [-0.39, 0.29) is 11.5 Å². The Morgan fingerprint density at radius 3 is 2.54 bits per heavy atom. The highest BCUT2D eigenvalue weighted by atomic mass is 35.5. The van der Waals surface area contributed by atoms with Gasteiger partial charge in [-0.2, -0.15) is 5.26 Å². The van der Waals surface area contributed by atoms with Crippen LogP contribution >= 0.6 is 11.6 Å². The zero-order chi connectivity index (χ0) is 28.3. The van der Waals surface area contributed by atoms with Crippen molar-refractivity contribution < 1.29 is 19.0 Å². The van der Waals surface area contributed by atoms with Gasteiger partial charge in [-0.05, 0) is 46.7 Å². The third kappa shape index (κ3) is 5.19. The van der Waals surface area contributed by atoms with Crippen LogP contribution in [0.15, 0.2) is 121 Å². The molecule has 0 saturated heterocycles. The summed E-state index contributed by atoms with van der Waals surface area (Å²) in [5.41, 5.74) is 9.32. The molecule has 1 aliphatic rings. The number of nitrogens with two attached hydrogens (primary N) is 1. The Hall–Kier alpha value is -5.25. The highest BCUT2D eigenvalue weighted by molar-refractivity contribution is 6.31. The molecule has 0 aliphatic carbocycles. The van der Waals surface area contributed by atoms with Gasteiger partial charge < -0.3 is 19.9 Å². The largest absolute Gasteiger partial charge is 0.489 e. The Balaban J connectivity index is 1.29. The minimum Gasteiger partial charge on any atom is -0.489 e. The summed E-state index contributed by atoms with van der Waals surface area (Å²) in [6.07, 6.45) is 0. The van der Waals surface area contributed by atoms with Gasteiger partial charge in [-0.3, -0.25) is 0 Å². The van der Waals surface area contributed by atoms with Crippen molar-refractivity contribution in [3.8, 4) is 23.3 Å². The molecular formula is C34H23ClN2O4. The summed E-state index contributed by atoms with van der Waals surface area (Å²) in [6, 6.07) is 35.4. The number of halogens is 1. The Labute approximate surface area is 241 Å². The van der Waals surface area contributed by atoms with Crippen molar-refractivity contribution in [2.75, 3.05) is 0 Å². The highest BCUT2D eigenvalue weighted by Gasteiger charge is 2.31. The van der Waals surface area contributed by atoms with Crippen molar-refractivity contribution in [2.24, 2.45) is 5.73 Å². The van der Waals surface area contributed by atoms with Crippen molar-refractivity contribution in [1.29, 1.82) is 5.26 Å². The fraction of sp³-hybridized carbons (Fsp3) is 0.0588. The van der Waals surface area contributed by atoms with Crippen molar-refractivity contribution in [2.45, 2.75) is 12.5 Å². The molecule has 5 aromatic carbocycles. The van der Waals surface area contributed by atoms with Crippen LogP contribution in [0.25, 0.3) is 10.8 Å². The van der Waals surface area contributed by atoms with Crippen molar-refractivity contribution in [3.63, 3.8) is 0 Å². The molecule has 41 heavy (non-hydrogen) atoms. The van der Waals surface area contributed by atoms with E-state index in [1.807, 2.05) is 84.9 Å². The van der Waals surface area contributed by atoms with Gasteiger partial charge in [0.15, 0.2) is 0 Å². The van der Waals surface area contributed by atoms with Gasteiger partial charge >= 0.3 is 5.97 Å². The minimum absolute atomic E-state index is 0.00933. The fourth-order valence-corrected chi connectivity index (χ4v) is 5.16. The fourth-order valence-electron chi connectivity index (χ4n) is 4.97. The molecule has 0 bridgehead atoms. The second-order valence-corrected chi connectivity index (χ2v) is 9.90. The molecule has 0 spiro atoms. The second kappa shape index (κ2) is 11.1. The van der Waals surface area contributed by atoms with Crippen LogP contribution in [0.4, 0.5) is 0 Å². The summed E-state index contributed by atoms with van der Waals surface area (Å²) in [4.78, 5) is 13.1. The summed E-state index contributed by atoms with van der Waals surface area (Å²) in [5.74, 6) is 0.314. The molecule has 2 N–H and O–H groups in total. The van der Waals surface area contributed by atoms with Gasteiger partial charge in [0, 0.05) is 22.2 Å². The average Bonchev–Trinajstić information content (AvgIpc) is 2.99. The first kappa shape index (κ1) is 26.0. The Morgan fingerprint density at radius 1 is 0.902 bits per heavy atom. The van der Waals surface area contributed by atoms with Crippen LogP contribution in [-0.2, 0) is 6.61 Å². The maximum Gasteiger partial charge on any atom is 0.344 e. The zero-order valence-electron chi connectivity index (χ0n) is 21.7. The molecule has 0 amide bonds. The number of nitriles is 1. The molecule has 1 aliphatic heterocycles. The number of allylic oxidation sites excluding steroid dienone is 1. The molecule has 0 fully saturated rings. The van der Waals surface area contributed by atoms with Crippen molar-refractivity contribution in [1.82, 2.24) is 0 Å². The van der Waals surface area contributed by atoms with Crippen LogP contribution in [0.1, 0.15) is 33.0 Å². The van der Waals surface area contributed by atoms with E-state index in [4.69, 9.17) is 31.5 Å². The van der Waals surface area contributed by atoms with E-state index in [1.54, 1.807) is 24.3 Å². The molecule has 5 aromatic rings. The lowest BCUT2D eigenvalue weighted by atomic mass is 9.83. The molecule has 6 nitrogen and oxygen atoms in total. The number of carbonyl (C=O) groups is 1. The highest BCUT2D eigenvalue weighted by Crippen LogP contribution is 2.44. The quantitative estimate of drug-likeness (QED) is 0.171. The standard InChI is InChI=1S/C34H23ClN2O4/c35-30-14-4-2-8-23(30)20-39-24-11-5-10-22(17-24)32-28-16-15-25(18-31(28)41-33(37)29(32)19-36)40-34(38)27-13-6-9-21-7-1-3-12-26(21)27/h1-18,32H,20,37H2. The number of rotatable bonds is 6. The first-order chi connectivity index (χ1) is 20.0. The smallest absolute Gasteiger partial charge is 0.344 e. The molecular weight excluding hydrogens is 536 g/mol. The molecule has 1 heterocycles. The number of hydrogen-bond donors (Lipinski definition) is 1. The maximum atomic E-state index is 13.1. The molecule has 1 atom stereocenters. The predicted octanol–water partition coefficient (Wildman–Crippen LogP) is 7.51. The van der Waals surface area contributed by atoms with Crippen LogP contribution in [0, 0.1) is 11.3 Å². The van der Waals surface area contributed by atoms with Crippen LogP contribution in [0.2, 0.25) is 5.02 Å². The molecule has 6 rings (SSSR count). The Morgan fingerprint density at radius 2 is 1.68 bits per heavy atom. The summed E-state index contributed by atoms with van der Waals surface area (Å²) in [5, 5.41) is 12.3. The number of carbonyl (C=O) groups excluding carboxylic acids is 1. The van der Waals surface area contributed by atoms with Gasteiger partial charge in [0.1, 0.15) is 35.5 Å². The van der Waals surface area contributed by atoms with E-state index in [1.165, 1.54) is 0 Å². The van der Waals surface area contributed by atoms with E-state index in [0.29, 0.717) is 40.0 Å². The number of hydrogen-bond acceptors (Lipinski definition) is 6. The number of fused-ring (bicyclic) bond motifs is 2. The van der Waals surface area contributed by atoms with Crippen molar-refractivity contribution >= 4 is 28.3 Å². The van der Waals surface area contributed by atoms with E-state index in [2.05, 4.69) is 6.07 Å². The van der Waals surface area contributed by atoms with Crippen LogP contribution in [0.5, 0.6) is 17.2 Å². The molecule has 0 saturated carbocycles. The predicted molar refractivity (Wildman–Crippen MR) is 157 cm³/mol. The topological polar surface area (TPSA) is 94.6 Å².